The lowest BCUT2D eigenvalue weighted by molar-refractivity contribution is -0.137. The summed E-state index contributed by atoms with van der Waals surface area (Å²) in [7, 11) is 0. The molecule has 33 heavy (non-hydrogen) atoms. The fraction of sp³-hybridized carbons (Fsp3) is 0.227. The molecule has 3 heterocycles. The molecule has 2 aromatic carbocycles. The maximum atomic E-state index is 13.2. The highest BCUT2D eigenvalue weighted by molar-refractivity contribution is 7.07. The van der Waals surface area contributed by atoms with Crippen LogP contribution < -0.4 is 29.8 Å². The van der Waals surface area contributed by atoms with Gasteiger partial charge in [0.05, 0.1) is 17.7 Å². The van der Waals surface area contributed by atoms with Crippen molar-refractivity contribution in [1.82, 2.24) is 4.57 Å². The molecule has 11 heteroatoms. The molecule has 0 spiro atoms. The number of aromatic nitrogens is 1. The summed E-state index contributed by atoms with van der Waals surface area (Å²) in [6, 6.07) is 10.1. The number of hydrogen-bond donors (Lipinski definition) is 1. The van der Waals surface area contributed by atoms with Crippen molar-refractivity contribution in [3.05, 3.63) is 73.3 Å². The summed E-state index contributed by atoms with van der Waals surface area (Å²) in [4.78, 5) is 32.3. The predicted molar refractivity (Wildman–Crippen MR) is 117 cm³/mol. The topological polar surface area (TPSA) is 75.9 Å². The first kappa shape index (κ1) is 21.3. The molecule has 0 saturated carbocycles. The van der Waals surface area contributed by atoms with Crippen molar-refractivity contribution in [2.24, 2.45) is 4.99 Å². The van der Waals surface area contributed by atoms with Crippen molar-refractivity contribution in [2.45, 2.75) is 19.8 Å². The second kappa shape index (κ2) is 7.77. The Bertz CT molecular complexity index is 1460. The lowest BCUT2D eigenvalue weighted by Gasteiger charge is -2.26. The molecule has 1 aromatic heterocycles. The molecule has 5 rings (SSSR count). The van der Waals surface area contributed by atoms with Crippen LogP contribution in [-0.2, 0) is 17.6 Å². The number of ether oxygens (including phenoxy) is 1. The number of rotatable bonds is 3. The SMILES string of the molecule is CCOc1ccc2c(c1)/C(=c1\sc3n(c1=O)CN(c1cccc(C(F)(F)F)c1)CN=3)C(=O)N2. The quantitative estimate of drug-likeness (QED) is 0.633. The largest absolute Gasteiger partial charge is 0.494 e. The first-order valence-electron chi connectivity index (χ1n) is 10.1. The fourth-order valence-corrected chi connectivity index (χ4v) is 4.89. The van der Waals surface area contributed by atoms with E-state index in [9.17, 15) is 22.8 Å². The number of fused-ring (bicyclic) bond motifs is 2. The summed E-state index contributed by atoms with van der Waals surface area (Å²) in [6.45, 7) is 2.41. The van der Waals surface area contributed by atoms with Gasteiger partial charge in [-0.3, -0.25) is 14.2 Å². The second-order valence-electron chi connectivity index (χ2n) is 7.45. The number of carbonyl (C=O) groups excluding carboxylic acids is 1. The Balaban J connectivity index is 1.58. The van der Waals surface area contributed by atoms with Gasteiger partial charge in [-0.05, 0) is 43.3 Å². The van der Waals surface area contributed by atoms with Crippen molar-refractivity contribution in [1.29, 1.82) is 0 Å². The fourth-order valence-electron chi connectivity index (χ4n) is 3.83. The molecule has 0 aliphatic carbocycles. The van der Waals surface area contributed by atoms with E-state index in [2.05, 4.69) is 10.3 Å². The highest BCUT2D eigenvalue weighted by Crippen LogP contribution is 2.33. The number of carbonyl (C=O) groups is 1. The van der Waals surface area contributed by atoms with Crippen LogP contribution in [0.2, 0.25) is 0 Å². The number of anilines is 2. The van der Waals surface area contributed by atoms with E-state index >= 15 is 0 Å². The van der Waals surface area contributed by atoms with Crippen molar-refractivity contribution < 1.29 is 22.7 Å². The molecule has 1 N–H and O–H groups in total. The first-order valence-corrected chi connectivity index (χ1v) is 10.9. The Morgan fingerprint density at radius 2 is 2.00 bits per heavy atom. The Labute approximate surface area is 189 Å². The maximum Gasteiger partial charge on any atom is 0.416 e. The van der Waals surface area contributed by atoms with Gasteiger partial charge in [0, 0.05) is 16.9 Å². The van der Waals surface area contributed by atoms with Crippen LogP contribution in [0.5, 0.6) is 5.75 Å². The number of thiazole rings is 1. The Morgan fingerprint density at radius 3 is 2.76 bits per heavy atom. The third-order valence-electron chi connectivity index (χ3n) is 5.36. The van der Waals surface area contributed by atoms with Crippen molar-refractivity contribution in [2.75, 3.05) is 23.5 Å². The zero-order valence-electron chi connectivity index (χ0n) is 17.3. The summed E-state index contributed by atoms with van der Waals surface area (Å²) in [5.74, 6) is 0.178. The minimum absolute atomic E-state index is 0.0240. The highest BCUT2D eigenvalue weighted by atomic mass is 32.1. The third-order valence-corrected chi connectivity index (χ3v) is 6.48. The van der Waals surface area contributed by atoms with Crippen LogP contribution >= 0.6 is 11.3 Å². The molecular formula is C22H17F3N4O3S. The standard InChI is InChI=1S/C22H17F3N4O3S/c1-2-32-14-6-7-16-15(9-14)17(19(30)27-16)18-20(31)29-11-28(10-26-21(29)33-18)13-5-3-4-12(8-13)22(23,24)25/h3-9H,2,10-11H2,1H3,(H,27,30)/b18-17+. The van der Waals surface area contributed by atoms with Crippen LogP contribution in [0.4, 0.5) is 24.5 Å². The summed E-state index contributed by atoms with van der Waals surface area (Å²) in [6.07, 6.45) is -4.47. The molecule has 0 bridgehead atoms. The van der Waals surface area contributed by atoms with Gasteiger partial charge in [-0.1, -0.05) is 17.4 Å². The molecule has 3 aromatic rings. The lowest BCUT2D eigenvalue weighted by atomic mass is 10.1. The minimum Gasteiger partial charge on any atom is -0.494 e. The number of amides is 1. The number of benzene rings is 2. The summed E-state index contributed by atoms with van der Waals surface area (Å²) >= 11 is 1.09. The number of hydrogen-bond acceptors (Lipinski definition) is 6. The Kier molecular flexibility index (Phi) is 5.00. The van der Waals surface area contributed by atoms with E-state index < -0.39 is 23.2 Å². The zero-order valence-corrected chi connectivity index (χ0v) is 18.1. The van der Waals surface area contributed by atoms with Gasteiger partial charge in [0.25, 0.3) is 11.5 Å². The molecule has 0 saturated heterocycles. The second-order valence-corrected chi connectivity index (χ2v) is 8.42. The van der Waals surface area contributed by atoms with Gasteiger partial charge in [-0.2, -0.15) is 13.2 Å². The predicted octanol–water partition coefficient (Wildman–Crippen LogP) is 2.53. The van der Waals surface area contributed by atoms with Crippen molar-refractivity contribution >= 4 is 34.2 Å². The van der Waals surface area contributed by atoms with Gasteiger partial charge in [0.2, 0.25) is 0 Å². The van der Waals surface area contributed by atoms with E-state index in [1.807, 2.05) is 6.92 Å². The molecule has 2 aliphatic heterocycles. The van der Waals surface area contributed by atoms with E-state index in [1.54, 1.807) is 29.2 Å². The van der Waals surface area contributed by atoms with Gasteiger partial charge in [-0.15, -0.1) is 0 Å². The van der Waals surface area contributed by atoms with Crippen LogP contribution in [0.3, 0.4) is 0 Å². The monoisotopic (exact) mass is 474 g/mol. The zero-order chi connectivity index (χ0) is 23.3. The van der Waals surface area contributed by atoms with Gasteiger partial charge in [0.1, 0.15) is 23.6 Å². The van der Waals surface area contributed by atoms with E-state index in [0.717, 1.165) is 23.5 Å². The van der Waals surface area contributed by atoms with Crippen molar-refractivity contribution in [3.8, 4) is 5.75 Å². The highest BCUT2D eigenvalue weighted by Gasteiger charge is 2.31. The smallest absolute Gasteiger partial charge is 0.416 e. The molecular weight excluding hydrogens is 457 g/mol. The van der Waals surface area contributed by atoms with Gasteiger partial charge < -0.3 is 15.0 Å². The average molecular weight is 474 g/mol. The number of nitrogens with zero attached hydrogens (tertiary/aromatic N) is 3. The van der Waals surface area contributed by atoms with Gasteiger partial charge in [0.15, 0.2) is 4.80 Å². The third kappa shape index (κ3) is 3.67. The molecule has 0 fully saturated rings. The molecule has 0 atom stereocenters. The molecule has 0 radical (unpaired) electrons. The molecule has 2 aliphatic rings. The normalized spacial score (nSPS) is 16.7. The van der Waals surface area contributed by atoms with Crippen LogP contribution in [0, 0.1) is 0 Å². The molecule has 7 nitrogen and oxygen atoms in total. The van der Waals surface area contributed by atoms with Gasteiger partial charge in [-0.25, -0.2) is 4.99 Å². The maximum absolute atomic E-state index is 13.2. The number of nitrogens with one attached hydrogen (secondary N) is 1. The minimum atomic E-state index is -4.47. The first-order chi connectivity index (χ1) is 15.8. The average Bonchev–Trinajstić information content (AvgIpc) is 3.28. The van der Waals surface area contributed by atoms with Crippen LogP contribution in [-0.4, -0.2) is 23.7 Å². The summed E-state index contributed by atoms with van der Waals surface area (Å²) < 4.78 is 46.4. The number of alkyl halides is 3. The van der Waals surface area contributed by atoms with E-state index in [-0.39, 0.29) is 23.4 Å². The van der Waals surface area contributed by atoms with E-state index in [0.29, 0.717) is 34.1 Å². The van der Waals surface area contributed by atoms with E-state index in [1.165, 1.54) is 10.6 Å². The lowest BCUT2D eigenvalue weighted by Crippen LogP contribution is -2.43. The molecule has 170 valence electrons. The number of halogens is 3. The Morgan fingerprint density at radius 1 is 1.18 bits per heavy atom. The van der Waals surface area contributed by atoms with Crippen LogP contribution in [0.25, 0.3) is 5.57 Å². The molecule has 0 unspecified atom stereocenters. The van der Waals surface area contributed by atoms with E-state index in [4.69, 9.17) is 4.74 Å². The summed E-state index contributed by atoms with van der Waals surface area (Å²) in [5.41, 5.74) is 0.495. The van der Waals surface area contributed by atoms with Crippen molar-refractivity contribution in [3.63, 3.8) is 0 Å². The summed E-state index contributed by atoms with van der Waals surface area (Å²) in [5, 5.41) is 2.76. The Hall–Kier alpha value is -3.60. The van der Waals surface area contributed by atoms with Crippen LogP contribution in [0.15, 0.2) is 52.3 Å². The molecule has 1 amide bonds. The van der Waals surface area contributed by atoms with Crippen LogP contribution in [0.1, 0.15) is 18.1 Å². The van der Waals surface area contributed by atoms with Gasteiger partial charge >= 0.3 is 6.18 Å².